The summed E-state index contributed by atoms with van der Waals surface area (Å²) in [6.45, 7) is 3.37. The van der Waals surface area contributed by atoms with Crippen LogP contribution in [0.15, 0.2) is 24.3 Å². The topological polar surface area (TPSA) is 62.2 Å². The second kappa shape index (κ2) is 7.29. The Morgan fingerprint density at radius 1 is 1.39 bits per heavy atom. The van der Waals surface area contributed by atoms with Crippen LogP contribution < -0.4 is 4.74 Å². The van der Waals surface area contributed by atoms with Gasteiger partial charge >= 0.3 is 0 Å². The Balaban J connectivity index is 1.70. The lowest BCUT2D eigenvalue weighted by atomic mass is 10.0. The maximum absolute atomic E-state index is 12.5. The number of benzene rings is 1. The van der Waals surface area contributed by atoms with E-state index in [1.54, 1.807) is 7.11 Å². The van der Waals surface area contributed by atoms with E-state index in [-0.39, 0.29) is 11.9 Å². The molecule has 2 atom stereocenters. The molecule has 3 rings (SSSR count). The van der Waals surface area contributed by atoms with Crippen molar-refractivity contribution >= 4 is 5.91 Å². The van der Waals surface area contributed by atoms with Crippen LogP contribution in [0.1, 0.15) is 18.0 Å². The van der Waals surface area contributed by atoms with Crippen molar-refractivity contribution in [2.24, 2.45) is 0 Å². The lowest BCUT2D eigenvalue weighted by Gasteiger charge is -2.30. The first-order valence-corrected chi connectivity index (χ1v) is 8.09. The molecule has 2 unspecified atom stereocenters. The minimum atomic E-state index is -0.399. The summed E-state index contributed by atoms with van der Waals surface area (Å²) in [5.41, 5.74) is 1.08. The van der Waals surface area contributed by atoms with Crippen LogP contribution in [0.5, 0.6) is 5.75 Å². The molecular formula is C17H24N2O4. The number of methoxy groups -OCH3 is 1. The van der Waals surface area contributed by atoms with Crippen LogP contribution in [0.2, 0.25) is 0 Å². The average Bonchev–Trinajstić information content (AvgIpc) is 2.96. The Labute approximate surface area is 136 Å². The van der Waals surface area contributed by atoms with Crippen molar-refractivity contribution in [3.05, 3.63) is 29.8 Å². The minimum Gasteiger partial charge on any atom is -0.497 e. The summed E-state index contributed by atoms with van der Waals surface area (Å²) in [7, 11) is 1.64. The summed E-state index contributed by atoms with van der Waals surface area (Å²) >= 11 is 0. The van der Waals surface area contributed by atoms with Crippen LogP contribution in [0.4, 0.5) is 0 Å². The molecule has 0 radical (unpaired) electrons. The Morgan fingerprint density at radius 2 is 2.17 bits per heavy atom. The molecule has 1 amide bonds. The molecule has 0 aliphatic carbocycles. The predicted molar refractivity (Wildman–Crippen MR) is 85.3 cm³/mol. The van der Waals surface area contributed by atoms with Crippen LogP contribution in [0.25, 0.3) is 0 Å². The number of ether oxygens (including phenoxy) is 2. The lowest BCUT2D eigenvalue weighted by molar-refractivity contribution is -0.136. The quantitative estimate of drug-likeness (QED) is 0.883. The molecule has 0 aromatic heterocycles. The Hall–Kier alpha value is -1.63. The molecule has 0 bridgehead atoms. The van der Waals surface area contributed by atoms with Crippen LogP contribution in [0, 0.1) is 0 Å². The molecule has 6 heteroatoms. The monoisotopic (exact) mass is 320 g/mol. The number of aliphatic hydroxyl groups excluding tert-OH is 1. The number of β-amino-alcohol motifs (C(OH)–C–C–N with tert-alkyl or cyclic N) is 1. The Morgan fingerprint density at radius 3 is 2.91 bits per heavy atom. The molecule has 1 N–H and O–H groups in total. The summed E-state index contributed by atoms with van der Waals surface area (Å²) in [5, 5.41) is 10.1. The van der Waals surface area contributed by atoms with Crippen molar-refractivity contribution in [3.63, 3.8) is 0 Å². The molecule has 2 fully saturated rings. The number of carbonyl (C=O) groups is 1. The number of amides is 1. The van der Waals surface area contributed by atoms with Gasteiger partial charge in [0.2, 0.25) is 5.91 Å². The first-order chi connectivity index (χ1) is 11.2. The molecule has 0 spiro atoms. The maximum atomic E-state index is 12.5. The van der Waals surface area contributed by atoms with E-state index in [1.165, 1.54) is 0 Å². The molecular weight excluding hydrogens is 296 g/mol. The number of hydrogen-bond donors (Lipinski definition) is 1. The van der Waals surface area contributed by atoms with Gasteiger partial charge in [0.15, 0.2) is 0 Å². The largest absolute Gasteiger partial charge is 0.497 e. The maximum Gasteiger partial charge on any atom is 0.236 e. The summed E-state index contributed by atoms with van der Waals surface area (Å²) in [4.78, 5) is 16.4. The molecule has 2 saturated heterocycles. The van der Waals surface area contributed by atoms with E-state index in [0.717, 1.165) is 11.3 Å². The minimum absolute atomic E-state index is 0.0464. The van der Waals surface area contributed by atoms with Crippen LogP contribution in [-0.4, -0.2) is 73.4 Å². The van der Waals surface area contributed by atoms with Crippen LogP contribution >= 0.6 is 0 Å². The Bertz CT molecular complexity index is 545. The van der Waals surface area contributed by atoms with Crippen LogP contribution in [0.3, 0.4) is 0 Å². The second-order valence-electron chi connectivity index (χ2n) is 6.10. The molecule has 6 nitrogen and oxygen atoms in total. The highest BCUT2D eigenvalue weighted by Gasteiger charge is 2.34. The van der Waals surface area contributed by atoms with E-state index in [2.05, 4.69) is 4.90 Å². The first-order valence-electron chi connectivity index (χ1n) is 8.09. The van der Waals surface area contributed by atoms with E-state index in [1.807, 2.05) is 29.2 Å². The van der Waals surface area contributed by atoms with Crippen molar-refractivity contribution in [1.82, 2.24) is 9.80 Å². The molecule has 0 saturated carbocycles. The van der Waals surface area contributed by atoms with Gasteiger partial charge in [-0.15, -0.1) is 0 Å². The van der Waals surface area contributed by atoms with Crippen molar-refractivity contribution < 1.29 is 19.4 Å². The van der Waals surface area contributed by atoms with E-state index in [0.29, 0.717) is 45.8 Å². The first kappa shape index (κ1) is 16.2. The summed E-state index contributed by atoms with van der Waals surface area (Å²) < 4.78 is 10.6. The fourth-order valence-corrected chi connectivity index (χ4v) is 3.34. The molecule has 126 valence electrons. The van der Waals surface area contributed by atoms with Gasteiger partial charge in [-0.3, -0.25) is 9.69 Å². The van der Waals surface area contributed by atoms with Crippen molar-refractivity contribution in [1.29, 1.82) is 0 Å². The lowest BCUT2D eigenvalue weighted by Crippen LogP contribution is -2.45. The third kappa shape index (κ3) is 3.83. The summed E-state index contributed by atoms with van der Waals surface area (Å²) in [6.07, 6.45) is 0.243. The summed E-state index contributed by atoms with van der Waals surface area (Å²) in [6, 6.07) is 7.90. The van der Waals surface area contributed by atoms with E-state index in [9.17, 15) is 9.90 Å². The number of nitrogens with zero attached hydrogens (tertiary/aromatic N) is 2. The number of likely N-dealkylation sites (tertiary alicyclic amines) is 1. The van der Waals surface area contributed by atoms with Crippen LogP contribution in [-0.2, 0) is 9.53 Å². The van der Waals surface area contributed by atoms with E-state index in [4.69, 9.17) is 9.47 Å². The van der Waals surface area contributed by atoms with Gasteiger partial charge in [0.25, 0.3) is 0 Å². The highest BCUT2D eigenvalue weighted by molar-refractivity contribution is 5.78. The van der Waals surface area contributed by atoms with Gasteiger partial charge < -0.3 is 19.5 Å². The third-order valence-electron chi connectivity index (χ3n) is 4.56. The zero-order valence-electron chi connectivity index (χ0n) is 13.5. The molecule has 23 heavy (non-hydrogen) atoms. The normalized spacial score (nSPS) is 25.6. The predicted octanol–water partition coefficient (Wildman–Crippen LogP) is 0.662. The molecule has 1 aromatic carbocycles. The fraction of sp³-hybridized carbons (Fsp3) is 0.588. The second-order valence-corrected chi connectivity index (χ2v) is 6.10. The van der Waals surface area contributed by atoms with Crippen molar-refractivity contribution in [2.75, 3.05) is 46.5 Å². The van der Waals surface area contributed by atoms with Gasteiger partial charge in [0.1, 0.15) is 5.75 Å². The summed E-state index contributed by atoms with van der Waals surface area (Å²) in [5.74, 6) is 0.902. The standard InChI is InChI=1S/C17H24N2O4/c1-22-15-4-2-3-13(9-15)16-10-14(20)11-19(16)12-17(21)18-5-7-23-8-6-18/h2-4,9,14,16,20H,5-8,10-12H2,1H3. The molecule has 2 aliphatic heterocycles. The third-order valence-corrected chi connectivity index (χ3v) is 4.56. The molecule has 2 heterocycles. The number of aliphatic hydroxyl groups is 1. The van der Waals surface area contributed by atoms with E-state index >= 15 is 0 Å². The SMILES string of the molecule is COc1cccc(C2CC(O)CN2CC(=O)N2CCOCC2)c1. The molecule has 1 aromatic rings. The smallest absolute Gasteiger partial charge is 0.236 e. The van der Waals surface area contributed by atoms with Gasteiger partial charge in [-0.1, -0.05) is 12.1 Å². The van der Waals surface area contributed by atoms with Gasteiger partial charge in [-0.25, -0.2) is 0 Å². The average molecular weight is 320 g/mol. The highest BCUT2D eigenvalue weighted by atomic mass is 16.5. The fourth-order valence-electron chi connectivity index (χ4n) is 3.34. The number of hydrogen-bond acceptors (Lipinski definition) is 5. The van der Waals surface area contributed by atoms with E-state index < -0.39 is 6.10 Å². The highest BCUT2D eigenvalue weighted by Crippen LogP contribution is 2.33. The number of carbonyl (C=O) groups excluding carboxylic acids is 1. The zero-order chi connectivity index (χ0) is 16.2. The number of rotatable bonds is 4. The van der Waals surface area contributed by atoms with Gasteiger partial charge in [0, 0.05) is 25.7 Å². The van der Waals surface area contributed by atoms with Gasteiger partial charge in [-0.05, 0) is 24.1 Å². The molecule has 2 aliphatic rings. The Kier molecular flexibility index (Phi) is 5.15. The zero-order valence-corrected chi connectivity index (χ0v) is 13.5. The van der Waals surface area contributed by atoms with Crippen molar-refractivity contribution in [3.8, 4) is 5.75 Å². The van der Waals surface area contributed by atoms with Crippen molar-refractivity contribution in [2.45, 2.75) is 18.6 Å². The number of morpholine rings is 1. The van der Waals surface area contributed by atoms with Gasteiger partial charge in [-0.2, -0.15) is 0 Å². The van der Waals surface area contributed by atoms with Gasteiger partial charge in [0.05, 0.1) is 33.0 Å².